The van der Waals surface area contributed by atoms with Gasteiger partial charge in [-0.3, -0.25) is 0 Å². The molecule has 0 N–H and O–H groups in total. The standard InChI is InChI=1S/C13H20BrNS/c1-6-13(5,9-14)7-11-15-10(8-16-11)12(2,3)4/h6,8H,1,7,9H2,2-5H3. The summed E-state index contributed by atoms with van der Waals surface area (Å²) < 4.78 is 0. The summed E-state index contributed by atoms with van der Waals surface area (Å²) in [6, 6.07) is 0. The number of allylic oxidation sites excluding steroid dienone is 1. The molecule has 0 radical (unpaired) electrons. The van der Waals surface area contributed by atoms with Crippen molar-refractivity contribution in [2.45, 2.75) is 39.5 Å². The Balaban J connectivity index is 2.84. The molecule has 0 aromatic carbocycles. The quantitative estimate of drug-likeness (QED) is 0.586. The Hall–Kier alpha value is -0.150. The Bertz CT molecular complexity index is 364. The van der Waals surface area contributed by atoms with Gasteiger partial charge in [-0.1, -0.05) is 49.7 Å². The molecule has 90 valence electrons. The average molecular weight is 302 g/mol. The van der Waals surface area contributed by atoms with Crippen molar-refractivity contribution < 1.29 is 0 Å². The van der Waals surface area contributed by atoms with Gasteiger partial charge >= 0.3 is 0 Å². The molecule has 1 unspecified atom stereocenters. The van der Waals surface area contributed by atoms with E-state index in [1.165, 1.54) is 10.7 Å². The van der Waals surface area contributed by atoms with Gasteiger partial charge in [-0.15, -0.1) is 17.9 Å². The monoisotopic (exact) mass is 301 g/mol. The molecule has 0 fully saturated rings. The maximum absolute atomic E-state index is 4.71. The molecule has 1 heterocycles. The number of alkyl halides is 1. The number of hydrogen-bond donors (Lipinski definition) is 0. The Labute approximate surface area is 111 Å². The molecule has 16 heavy (non-hydrogen) atoms. The highest BCUT2D eigenvalue weighted by atomic mass is 79.9. The molecule has 0 bridgehead atoms. The third-order valence-corrected chi connectivity index (χ3v) is 4.80. The van der Waals surface area contributed by atoms with Crippen molar-refractivity contribution in [3.63, 3.8) is 0 Å². The molecule has 1 aromatic rings. The average Bonchev–Trinajstić information content (AvgIpc) is 2.65. The zero-order valence-corrected chi connectivity index (χ0v) is 12.9. The van der Waals surface area contributed by atoms with Crippen molar-refractivity contribution in [3.8, 4) is 0 Å². The predicted molar refractivity (Wildman–Crippen MR) is 76.6 cm³/mol. The van der Waals surface area contributed by atoms with Crippen LogP contribution in [0.5, 0.6) is 0 Å². The topological polar surface area (TPSA) is 12.9 Å². The van der Waals surface area contributed by atoms with Gasteiger partial charge in [0.25, 0.3) is 0 Å². The molecule has 0 aliphatic rings. The summed E-state index contributed by atoms with van der Waals surface area (Å²) in [5.41, 5.74) is 1.44. The molecular formula is C13H20BrNS. The highest BCUT2D eigenvalue weighted by Gasteiger charge is 2.23. The normalized spacial score (nSPS) is 15.8. The molecule has 1 rings (SSSR count). The number of halogens is 1. The molecule has 0 aliphatic heterocycles. The van der Waals surface area contributed by atoms with Crippen LogP contribution in [0.4, 0.5) is 0 Å². The molecule has 1 nitrogen and oxygen atoms in total. The van der Waals surface area contributed by atoms with Crippen molar-refractivity contribution >= 4 is 27.3 Å². The van der Waals surface area contributed by atoms with E-state index in [9.17, 15) is 0 Å². The number of thiazole rings is 1. The Morgan fingerprint density at radius 2 is 2.06 bits per heavy atom. The largest absolute Gasteiger partial charge is 0.246 e. The molecular weight excluding hydrogens is 282 g/mol. The fraction of sp³-hybridized carbons (Fsp3) is 0.615. The second-order valence-corrected chi connectivity index (χ2v) is 7.05. The van der Waals surface area contributed by atoms with Gasteiger partial charge in [0, 0.05) is 28.0 Å². The summed E-state index contributed by atoms with van der Waals surface area (Å²) in [5, 5.41) is 4.30. The first-order valence-electron chi connectivity index (χ1n) is 5.45. The SMILES string of the molecule is C=CC(C)(CBr)Cc1nc(C(C)(C)C)cs1. The highest BCUT2D eigenvalue weighted by molar-refractivity contribution is 9.09. The van der Waals surface area contributed by atoms with Crippen molar-refractivity contribution in [3.05, 3.63) is 28.7 Å². The van der Waals surface area contributed by atoms with Gasteiger partial charge < -0.3 is 0 Å². The van der Waals surface area contributed by atoms with Crippen LogP contribution < -0.4 is 0 Å². The van der Waals surface area contributed by atoms with Crippen LogP contribution in [0.1, 0.15) is 38.4 Å². The maximum atomic E-state index is 4.71. The second-order valence-electron chi connectivity index (χ2n) is 5.55. The van der Waals surface area contributed by atoms with E-state index in [0.29, 0.717) is 0 Å². The van der Waals surface area contributed by atoms with E-state index in [0.717, 1.165) is 11.8 Å². The Morgan fingerprint density at radius 3 is 2.44 bits per heavy atom. The van der Waals surface area contributed by atoms with Gasteiger partial charge in [-0.2, -0.15) is 0 Å². The van der Waals surface area contributed by atoms with E-state index in [4.69, 9.17) is 4.98 Å². The lowest BCUT2D eigenvalue weighted by Crippen LogP contribution is -2.18. The van der Waals surface area contributed by atoms with E-state index < -0.39 is 0 Å². The lowest BCUT2D eigenvalue weighted by molar-refractivity contribution is 0.488. The predicted octanol–water partition coefficient (Wildman–Crippen LogP) is 4.57. The number of rotatable bonds is 4. The van der Waals surface area contributed by atoms with Crippen molar-refractivity contribution in [1.29, 1.82) is 0 Å². The number of nitrogens with zero attached hydrogens (tertiary/aromatic N) is 1. The summed E-state index contributed by atoms with van der Waals surface area (Å²) in [4.78, 5) is 4.71. The lowest BCUT2D eigenvalue weighted by Gasteiger charge is -2.21. The van der Waals surface area contributed by atoms with Crippen LogP contribution in [0.3, 0.4) is 0 Å². The molecule has 0 spiro atoms. The van der Waals surface area contributed by atoms with Crippen LogP contribution in [-0.4, -0.2) is 10.3 Å². The van der Waals surface area contributed by atoms with Crippen LogP contribution in [0.2, 0.25) is 0 Å². The molecule has 0 saturated heterocycles. The van der Waals surface area contributed by atoms with E-state index >= 15 is 0 Å². The van der Waals surface area contributed by atoms with Crippen molar-refractivity contribution in [1.82, 2.24) is 4.98 Å². The minimum absolute atomic E-state index is 0.104. The molecule has 0 aliphatic carbocycles. The second kappa shape index (κ2) is 5.01. The first-order chi connectivity index (χ1) is 7.30. The van der Waals surface area contributed by atoms with Crippen molar-refractivity contribution in [2.24, 2.45) is 5.41 Å². The summed E-state index contributed by atoms with van der Waals surface area (Å²) in [6.45, 7) is 12.7. The number of aromatic nitrogens is 1. The Morgan fingerprint density at radius 1 is 1.44 bits per heavy atom. The van der Waals surface area contributed by atoms with Gasteiger partial charge in [-0.05, 0) is 0 Å². The number of hydrogen-bond acceptors (Lipinski definition) is 2. The zero-order chi connectivity index (χ0) is 12.4. The maximum Gasteiger partial charge on any atom is 0.0937 e. The third-order valence-electron chi connectivity index (χ3n) is 2.67. The lowest BCUT2D eigenvalue weighted by atomic mass is 9.89. The molecule has 3 heteroatoms. The first kappa shape index (κ1) is 13.9. The van der Waals surface area contributed by atoms with Crippen LogP contribution in [-0.2, 0) is 11.8 Å². The fourth-order valence-corrected chi connectivity index (χ4v) is 2.90. The molecule has 0 amide bonds. The van der Waals surface area contributed by atoms with Gasteiger partial charge in [0.1, 0.15) is 0 Å². The van der Waals surface area contributed by atoms with Crippen LogP contribution in [0.25, 0.3) is 0 Å². The third kappa shape index (κ3) is 3.42. The van der Waals surface area contributed by atoms with Gasteiger partial charge in [0.2, 0.25) is 0 Å². The van der Waals surface area contributed by atoms with Crippen LogP contribution in [0.15, 0.2) is 18.0 Å². The van der Waals surface area contributed by atoms with Gasteiger partial charge in [0.05, 0.1) is 10.7 Å². The summed E-state index contributed by atoms with van der Waals surface area (Å²) in [5.74, 6) is 0. The summed E-state index contributed by atoms with van der Waals surface area (Å²) >= 11 is 5.30. The minimum Gasteiger partial charge on any atom is -0.246 e. The molecule has 1 atom stereocenters. The fourth-order valence-electron chi connectivity index (χ4n) is 1.26. The minimum atomic E-state index is 0.104. The van der Waals surface area contributed by atoms with E-state index in [1.54, 1.807) is 11.3 Å². The first-order valence-corrected chi connectivity index (χ1v) is 7.45. The highest BCUT2D eigenvalue weighted by Crippen LogP contribution is 2.30. The smallest absolute Gasteiger partial charge is 0.0937 e. The van der Waals surface area contributed by atoms with Gasteiger partial charge in [-0.25, -0.2) is 4.98 Å². The van der Waals surface area contributed by atoms with Gasteiger partial charge in [0.15, 0.2) is 0 Å². The molecule has 0 saturated carbocycles. The zero-order valence-electron chi connectivity index (χ0n) is 10.5. The van der Waals surface area contributed by atoms with E-state index in [2.05, 4.69) is 55.6 Å². The Kier molecular flexibility index (Phi) is 4.35. The van der Waals surface area contributed by atoms with Crippen molar-refractivity contribution in [2.75, 3.05) is 5.33 Å². The molecule has 1 aromatic heterocycles. The summed E-state index contributed by atoms with van der Waals surface area (Å²) in [6.07, 6.45) is 2.97. The summed E-state index contributed by atoms with van der Waals surface area (Å²) in [7, 11) is 0. The van der Waals surface area contributed by atoms with Crippen LogP contribution >= 0.6 is 27.3 Å². The van der Waals surface area contributed by atoms with E-state index in [-0.39, 0.29) is 10.8 Å². The van der Waals surface area contributed by atoms with E-state index in [1.807, 2.05) is 6.08 Å². The van der Waals surface area contributed by atoms with Crippen LogP contribution in [0, 0.1) is 5.41 Å².